The molecule has 1 aliphatic heterocycles. The molecule has 2 heteroatoms. The number of hydrogen-bond donors (Lipinski definition) is 0. The molecule has 0 saturated carbocycles. The van der Waals surface area contributed by atoms with Crippen LogP contribution in [-0.4, -0.2) is 10.4 Å². The number of hydrogen-bond acceptors (Lipinski definition) is 1. The zero-order chi connectivity index (χ0) is 11.8. The van der Waals surface area contributed by atoms with Gasteiger partial charge in [-0.15, -0.1) is 5.92 Å². The zero-order valence-electron chi connectivity index (χ0n) is 9.97. The topological polar surface area (TPSA) is 3.24 Å². The summed E-state index contributed by atoms with van der Waals surface area (Å²) in [5, 5.41) is 0. The zero-order valence-corrected chi connectivity index (χ0v) is 9.97. The van der Waals surface area contributed by atoms with Crippen LogP contribution in [0.15, 0.2) is 18.2 Å². The van der Waals surface area contributed by atoms with Gasteiger partial charge in [0.1, 0.15) is 5.82 Å². The first-order chi connectivity index (χ1) is 7.54. The van der Waals surface area contributed by atoms with Crippen molar-refractivity contribution in [2.75, 3.05) is 0 Å². The minimum absolute atomic E-state index is 0.0970. The largest absolute Gasteiger partial charge is 0.279 e. The summed E-state index contributed by atoms with van der Waals surface area (Å²) >= 11 is 0. The molecular formula is C14H16FN. The van der Waals surface area contributed by atoms with E-state index < -0.39 is 0 Å². The molecule has 0 aliphatic carbocycles. The Kier molecular flexibility index (Phi) is 2.73. The van der Waals surface area contributed by atoms with Gasteiger partial charge in [-0.1, -0.05) is 18.1 Å². The van der Waals surface area contributed by atoms with Gasteiger partial charge in [-0.2, -0.15) is 0 Å². The van der Waals surface area contributed by atoms with Crippen molar-refractivity contribution in [2.45, 2.75) is 39.4 Å². The number of halogens is 1. The second kappa shape index (κ2) is 3.92. The molecule has 0 radical (unpaired) electrons. The van der Waals surface area contributed by atoms with Gasteiger partial charge in [0.2, 0.25) is 0 Å². The number of nitrogens with zero attached hydrogens (tertiary/aromatic N) is 1. The Labute approximate surface area is 96.3 Å². The highest BCUT2D eigenvalue weighted by Gasteiger charge is 2.31. The molecule has 1 aromatic carbocycles. The number of fused-ring (bicyclic) bond motifs is 1. The highest BCUT2D eigenvalue weighted by atomic mass is 19.1. The molecule has 0 atom stereocenters. The lowest BCUT2D eigenvalue weighted by Crippen LogP contribution is -2.38. The summed E-state index contributed by atoms with van der Waals surface area (Å²) in [6.07, 6.45) is 0. The fourth-order valence-corrected chi connectivity index (χ4v) is 2.16. The molecular weight excluding hydrogens is 201 g/mol. The predicted octanol–water partition coefficient (Wildman–Crippen LogP) is 2.94. The maximum absolute atomic E-state index is 13.6. The maximum atomic E-state index is 13.6. The molecule has 0 aromatic heterocycles. The van der Waals surface area contributed by atoms with Crippen LogP contribution in [0.4, 0.5) is 4.39 Å². The van der Waals surface area contributed by atoms with Gasteiger partial charge in [-0.05, 0) is 32.4 Å². The summed E-state index contributed by atoms with van der Waals surface area (Å²) in [5.74, 6) is 6.02. The van der Waals surface area contributed by atoms with Gasteiger partial charge < -0.3 is 0 Å². The second-order valence-corrected chi connectivity index (χ2v) is 4.67. The summed E-state index contributed by atoms with van der Waals surface area (Å²) in [7, 11) is 0. The third kappa shape index (κ3) is 1.83. The van der Waals surface area contributed by atoms with Crippen molar-refractivity contribution in [1.29, 1.82) is 0 Å². The van der Waals surface area contributed by atoms with E-state index in [1.807, 2.05) is 13.0 Å². The molecule has 0 amide bonds. The summed E-state index contributed by atoms with van der Waals surface area (Å²) in [5.41, 5.74) is 1.72. The van der Waals surface area contributed by atoms with Gasteiger partial charge in [0.25, 0.3) is 0 Å². The molecule has 1 aliphatic rings. The second-order valence-electron chi connectivity index (χ2n) is 4.67. The van der Waals surface area contributed by atoms with Crippen LogP contribution in [0.2, 0.25) is 0 Å². The first-order valence-electron chi connectivity index (χ1n) is 5.50. The van der Waals surface area contributed by atoms with Gasteiger partial charge in [0.15, 0.2) is 0 Å². The van der Waals surface area contributed by atoms with Crippen molar-refractivity contribution in [3.05, 3.63) is 35.1 Å². The Bertz CT molecular complexity index is 465. The van der Waals surface area contributed by atoms with E-state index in [2.05, 4.69) is 30.6 Å². The normalized spacial score (nSPS) is 15.5. The van der Waals surface area contributed by atoms with Crippen molar-refractivity contribution in [1.82, 2.24) is 4.90 Å². The third-order valence-corrected chi connectivity index (χ3v) is 3.15. The van der Waals surface area contributed by atoms with Crippen LogP contribution in [0, 0.1) is 17.7 Å². The van der Waals surface area contributed by atoms with E-state index in [-0.39, 0.29) is 11.4 Å². The quantitative estimate of drug-likeness (QED) is 0.654. The first kappa shape index (κ1) is 11.2. The fourth-order valence-electron chi connectivity index (χ4n) is 2.16. The average molecular weight is 217 g/mol. The van der Waals surface area contributed by atoms with Gasteiger partial charge in [0, 0.05) is 18.7 Å². The molecule has 0 bridgehead atoms. The Balaban J connectivity index is 2.29. The summed E-state index contributed by atoms with van der Waals surface area (Å²) in [6.45, 7) is 7.44. The molecule has 0 fully saturated rings. The Morgan fingerprint density at radius 1 is 1.31 bits per heavy atom. The molecule has 16 heavy (non-hydrogen) atoms. The molecule has 84 valence electrons. The molecule has 0 unspecified atom stereocenters. The van der Waals surface area contributed by atoms with Crippen LogP contribution in [-0.2, 0) is 13.1 Å². The monoisotopic (exact) mass is 217 g/mol. The van der Waals surface area contributed by atoms with Crippen LogP contribution in [0.5, 0.6) is 0 Å². The highest BCUT2D eigenvalue weighted by molar-refractivity contribution is 5.33. The molecule has 1 aromatic rings. The Hall–Kier alpha value is -1.33. The lowest BCUT2D eigenvalue weighted by Gasteiger charge is -2.30. The standard InChI is InChI=1S/C14H16FN/c1-4-8-14(2,3)16-9-11-6-5-7-13(15)12(11)10-16/h5-7H,9-10H2,1-3H3. The van der Waals surface area contributed by atoms with Gasteiger partial charge in [0.05, 0.1) is 5.54 Å². The fraction of sp³-hybridized carbons (Fsp3) is 0.429. The lowest BCUT2D eigenvalue weighted by atomic mass is 10.0. The van der Waals surface area contributed by atoms with Crippen molar-refractivity contribution in [2.24, 2.45) is 0 Å². The molecule has 0 spiro atoms. The molecule has 0 N–H and O–H groups in total. The lowest BCUT2D eigenvalue weighted by molar-refractivity contribution is 0.170. The van der Waals surface area contributed by atoms with E-state index in [1.54, 1.807) is 6.07 Å². The van der Waals surface area contributed by atoms with Crippen LogP contribution in [0.1, 0.15) is 31.9 Å². The highest BCUT2D eigenvalue weighted by Crippen LogP contribution is 2.30. The predicted molar refractivity (Wildman–Crippen MR) is 63.2 cm³/mol. The SMILES string of the molecule is CC#CC(C)(C)N1Cc2cccc(F)c2C1. The molecule has 1 heterocycles. The van der Waals surface area contributed by atoms with Crippen molar-refractivity contribution >= 4 is 0 Å². The number of rotatable bonds is 1. The van der Waals surface area contributed by atoms with Crippen molar-refractivity contribution < 1.29 is 4.39 Å². The van der Waals surface area contributed by atoms with Gasteiger partial charge in [-0.25, -0.2) is 4.39 Å². The van der Waals surface area contributed by atoms with Crippen LogP contribution < -0.4 is 0 Å². The van der Waals surface area contributed by atoms with Gasteiger partial charge >= 0.3 is 0 Å². The number of benzene rings is 1. The smallest absolute Gasteiger partial charge is 0.128 e. The van der Waals surface area contributed by atoms with E-state index in [4.69, 9.17) is 0 Å². The first-order valence-corrected chi connectivity index (χ1v) is 5.50. The van der Waals surface area contributed by atoms with E-state index in [1.165, 1.54) is 6.07 Å². The third-order valence-electron chi connectivity index (χ3n) is 3.15. The average Bonchev–Trinajstić information content (AvgIpc) is 2.63. The van der Waals surface area contributed by atoms with Gasteiger partial charge in [-0.3, -0.25) is 4.90 Å². The Morgan fingerprint density at radius 2 is 2.06 bits per heavy atom. The molecule has 2 rings (SSSR count). The summed E-state index contributed by atoms with van der Waals surface area (Å²) in [6, 6.07) is 5.30. The minimum Gasteiger partial charge on any atom is -0.279 e. The summed E-state index contributed by atoms with van der Waals surface area (Å²) < 4.78 is 13.6. The van der Waals surface area contributed by atoms with E-state index in [0.29, 0.717) is 6.54 Å². The van der Waals surface area contributed by atoms with Crippen LogP contribution in [0.25, 0.3) is 0 Å². The van der Waals surface area contributed by atoms with Crippen LogP contribution >= 0.6 is 0 Å². The molecule has 1 nitrogen and oxygen atoms in total. The van der Waals surface area contributed by atoms with Crippen molar-refractivity contribution in [3.8, 4) is 11.8 Å². The van der Waals surface area contributed by atoms with Crippen LogP contribution in [0.3, 0.4) is 0 Å². The Morgan fingerprint density at radius 3 is 2.69 bits per heavy atom. The van der Waals surface area contributed by atoms with E-state index in [9.17, 15) is 4.39 Å². The molecule has 0 saturated heterocycles. The maximum Gasteiger partial charge on any atom is 0.128 e. The summed E-state index contributed by atoms with van der Waals surface area (Å²) in [4.78, 5) is 2.21. The van der Waals surface area contributed by atoms with E-state index >= 15 is 0 Å². The van der Waals surface area contributed by atoms with Crippen molar-refractivity contribution in [3.63, 3.8) is 0 Å². The minimum atomic E-state index is -0.194. The van der Waals surface area contributed by atoms with E-state index in [0.717, 1.165) is 17.7 Å².